The van der Waals surface area contributed by atoms with Crippen LogP contribution in [0.4, 0.5) is 0 Å². The maximum atomic E-state index is 12.6. The Morgan fingerprint density at radius 1 is 1.35 bits per heavy atom. The maximum absolute atomic E-state index is 12.6. The number of pyridine rings is 1. The second kappa shape index (κ2) is 7.47. The smallest absolute Gasteiger partial charge is 0.276 e. The third-order valence-electron chi connectivity index (χ3n) is 4.25. The highest BCUT2D eigenvalue weighted by Crippen LogP contribution is 2.28. The standard InChI is InChI=1S/C18H16ClN3O3S/c19-13-11-20-6-3-15(13)24-12-4-7-22(8-5-12)18(23)14-10-16(25-21-14)17-2-1-9-26-17/h1-3,6,9-12H,4-5,7-8H2. The Hall–Kier alpha value is -2.38. The van der Waals surface area contributed by atoms with Crippen molar-refractivity contribution in [3.63, 3.8) is 0 Å². The molecule has 1 saturated heterocycles. The van der Waals surface area contributed by atoms with E-state index in [-0.39, 0.29) is 12.0 Å². The first-order chi connectivity index (χ1) is 12.7. The SMILES string of the molecule is O=C(c1cc(-c2cccs2)on1)N1CCC(Oc2ccncc2Cl)CC1. The highest BCUT2D eigenvalue weighted by atomic mass is 35.5. The van der Waals surface area contributed by atoms with E-state index < -0.39 is 0 Å². The molecule has 1 amide bonds. The molecule has 1 aliphatic rings. The van der Waals surface area contributed by atoms with E-state index in [2.05, 4.69) is 10.1 Å². The molecule has 0 saturated carbocycles. The monoisotopic (exact) mass is 389 g/mol. The lowest BCUT2D eigenvalue weighted by atomic mass is 10.1. The van der Waals surface area contributed by atoms with Crippen molar-refractivity contribution in [3.8, 4) is 16.4 Å². The molecule has 26 heavy (non-hydrogen) atoms. The Labute approximate surface area is 159 Å². The first-order valence-electron chi connectivity index (χ1n) is 8.27. The second-order valence-electron chi connectivity index (χ2n) is 5.97. The molecule has 0 aliphatic carbocycles. The van der Waals surface area contributed by atoms with Crippen LogP contribution < -0.4 is 4.74 Å². The minimum atomic E-state index is -0.114. The maximum Gasteiger partial charge on any atom is 0.276 e. The van der Waals surface area contributed by atoms with Gasteiger partial charge in [0.15, 0.2) is 11.5 Å². The Kier molecular flexibility index (Phi) is 4.90. The number of carbonyl (C=O) groups is 1. The number of hydrogen-bond acceptors (Lipinski definition) is 6. The van der Waals surface area contributed by atoms with Gasteiger partial charge in [-0.3, -0.25) is 9.78 Å². The van der Waals surface area contributed by atoms with Gasteiger partial charge in [-0.1, -0.05) is 22.8 Å². The molecular weight excluding hydrogens is 374 g/mol. The first-order valence-corrected chi connectivity index (χ1v) is 9.52. The molecule has 0 spiro atoms. The summed E-state index contributed by atoms with van der Waals surface area (Å²) >= 11 is 7.63. The van der Waals surface area contributed by atoms with Crippen LogP contribution in [0.1, 0.15) is 23.3 Å². The highest BCUT2D eigenvalue weighted by Gasteiger charge is 2.27. The van der Waals surface area contributed by atoms with Crippen LogP contribution in [0.25, 0.3) is 10.6 Å². The largest absolute Gasteiger partial charge is 0.489 e. The molecule has 4 rings (SSSR count). The summed E-state index contributed by atoms with van der Waals surface area (Å²) in [6.07, 6.45) is 4.71. The quantitative estimate of drug-likeness (QED) is 0.670. The fourth-order valence-corrected chi connectivity index (χ4v) is 3.72. The molecule has 0 atom stereocenters. The molecule has 0 radical (unpaired) electrons. The first kappa shape index (κ1) is 17.1. The molecule has 6 nitrogen and oxygen atoms in total. The summed E-state index contributed by atoms with van der Waals surface area (Å²) in [5, 5.41) is 6.38. The van der Waals surface area contributed by atoms with Crippen molar-refractivity contribution in [1.29, 1.82) is 0 Å². The van der Waals surface area contributed by atoms with Crippen LogP contribution in [-0.2, 0) is 0 Å². The predicted octanol–water partition coefficient (Wildman–Crippen LogP) is 4.14. The van der Waals surface area contributed by atoms with E-state index in [9.17, 15) is 4.79 Å². The van der Waals surface area contributed by atoms with Gasteiger partial charge < -0.3 is 14.2 Å². The molecule has 0 bridgehead atoms. The molecule has 3 aromatic rings. The van der Waals surface area contributed by atoms with Crippen LogP contribution in [0.2, 0.25) is 5.02 Å². The van der Waals surface area contributed by atoms with E-state index in [1.54, 1.807) is 40.8 Å². The number of ether oxygens (including phenoxy) is 1. The summed E-state index contributed by atoms with van der Waals surface area (Å²) in [4.78, 5) is 19.3. The van der Waals surface area contributed by atoms with Crippen molar-refractivity contribution >= 4 is 28.8 Å². The van der Waals surface area contributed by atoms with Crippen LogP contribution >= 0.6 is 22.9 Å². The molecule has 3 aromatic heterocycles. The Morgan fingerprint density at radius 2 is 2.19 bits per heavy atom. The number of nitrogens with zero attached hydrogens (tertiary/aromatic N) is 3. The molecule has 8 heteroatoms. The number of halogens is 1. The van der Waals surface area contributed by atoms with Gasteiger partial charge in [0.05, 0.1) is 4.88 Å². The van der Waals surface area contributed by atoms with E-state index in [1.165, 1.54) is 0 Å². The molecule has 4 heterocycles. The lowest BCUT2D eigenvalue weighted by Crippen LogP contribution is -2.41. The van der Waals surface area contributed by atoms with E-state index in [1.807, 2.05) is 17.5 Å². The normalized spacial score (nSPS) is 15.2. The van der Waals surface area contributed by atoms with Gasteiger partial charge in [0.2, 0.25) is 0 Å². The summed E-state index contributed by atoms with van der Waals surface area (Å²) < 4.78 is 11.2. The van der Waals surface area contributed by atoms with E-state index in [0.717, 1.165) is 17.7 Å². The Morgan fingerprint density at radius 3 is 2.92 bits per heavy atom. The summed E-state index contributed by atoms with van der Waals surface area (Å²) in [6, 6.07) is 7.32. The summed E-state index contributed by atoms with van der Waals surface area (Å²) in [6.45, 7) is 1.21. The van der Waals surface area contributed by atoms with Gasteiger partial charge in [-0.15, -0.1) is 11.3 Å². The number of piperidine rings is 1. The topological polar surface area (TPSA) is 68.5 Å². The van der Waals surface area contributed by atoms with Gasteiger partial charge in [-0.05, 0) is 11.4 Å². The van der Waals surface area contributed by atoms with Gasteiger partial charge in [-0.25, -0.2) is 0 Å². The number of rotatable bonds is 4. The lowest BCUT2D eigenvalue weighted by Gasteiger charge is -2.31. The second-order valence-corrected chi connectivity index (χ2v) is 7.32. The van der Waals surface area contributed by atoms with Gasteiger partial charge in [0.1, 0.15) is 16.9 Å². The molecule has 1 fully saturated rings. The van der Waals surface area contributed by atoms with Crippen molar-refractivity contribution in [2.24, 2.45) is 0 Å². The number of amides is 1. The van der Waals surface area contributed by atoms with Crippen LogP contribution in [0.5, 0.6) is 5.75 Å². The summed E-state index contributed by atoms with van der Waals surface area (Å²) in [5.41, 5.74) is 0.338. The summed E-state index contributed by atoms with van der Waals surface area (Å²) in [5.74, 6) is 1.13. The summed E-state index contributed by atoms with van der Waals surface area (Å²) in [7, 11) is 0. The average molecular weight is 390 g/mol. The fraction of sp³-hybridized carbons (Fsp3) is 0.278. The van der Waals surface area contributed by atoms with Gasteiger partial charge in [0, 0.05) is 50.5 Å². The zero-order chi connectivity index (χ0) is 17.9. The number of hydrogen-bond donors (Lipinski definition) is 0. The minimum absolute atomic E-state index is 0.0259. The molecule has 0 unspecified atom stereocenters. The van der Waals surface area contributed by atoms with E-state index in [4.69, 9.17) is 20.9 Å². The number of thiophene rings is 1. The molecule has 1 aliphatic heterocycles. The third kappa shape index (κ3) is 3.59. The highest BCUT2D eigenvalue weighted by molar-refractivity contribution is 7.13. The van der Waals surface area contributed by atoms with Crippen molar-refractivity contribution in [2.45, 2.75) is 18.9 Å². The number of carbonyl (C=O) groups excluding carboxylic acids is 1. The molecule has 0 aromatic carbocycles. The third-order valence-corrected chi connectivity index (χ3v) is 5.42. The van der Waals surface area contributed by atoms with E-state index >= 15 is 0 Å². The van der Waals surface area contributed by atoms with Crippen LogP contribution in [0.3, 0.4) is 0 Å². The molecular formula is C18H16ClN3O3S. The number of likely N-dealkylation sites (tertiary alicyclic amines) is 1. The van der Waals surface area contributed by atoms with Crippen molar-refractivity contribution in [2.75, 3.05) is 13.1 Å². The van der Waals surface area contributed by atoms with E-state index in [0.29, 0.717) is 35.3 Å². The van der Waals surface area contributed by atoms with Gasteiger partial charge >= 0.3 is 0 Å². The fourth-order valence-electron chi connectivity index (χ4n) is 2.89. The van der Waals surface area contributed by atoms with Crippen LogP contribution in [0, 0.1) is 0 Å². The van der Waals surface area contributed by atoms with Gasteiger partial charge in [0.25, 0.3) is 5.91 Å². The molecule has 134 valence electrons. The zero-order valence-corrected chi connectivity index (χ0v) is 15.4. The van der Waals surface area contributed by atoms with Gasteiger partial charge in [-0.2, -0.15) is 0 Å². The predicted molar refractivity (Wildman–Crippen MR) is 98.6 cm³/mol. The molecule has 0 N–H and O–H groups in total. The average Bonchev–Trinajstić information content (AvgIpc) is 3.35. The van der Waals surface area contributed by atoms with Crippen molar-refractivity contribution in [1.82, 2.24) is 15.0 Å². The Balaban J connectivity index is 1.36. The van der Waals surface area contributed by atoms with Crippen LogP contribution in [-0.4, -0.2) is 40.1 Å². The van der Waals surface area contributed by atoms with Crippen LogP contribution in [0.15, 0.2) is 46.6 Å². The lowest BCUT2D eigenvalue weighted by molar-refractivity contribution is 0.0586. The Bertz CT molecular complexity index is 889. The number of aromatic nitrogens is 2. The minimum Gasteiger partial charge on any atom is -0.489 e. The van der Waals surface area contributed by atoms with Crippen molar-refractivity contribution < 1.29 is 14.1 Å². The zero-order valence-electron chi connectivity index (χ0n) is 13.8. The van der Waals surface area contributed by atoms with Crippen molar-refractivity contribution in [3.05, 3.63) is 52.8 Å².